The predicted molar refractivity (Wildman–Crippen MR) is 196 cm³/mol. The molecule has 1 aromatic heterocycles. The Balaban J connectivity index is 1.58. The number of amides is 1. The number of nitrogens with one attached hydrogen (secondary N) is 1. The fourth-order valence-corrected chi connectivity index (χ4v) is 7.20. The van der Waals surface area contributed by atoms with Gasteiger partial charge in [0.1, 0.15) is 6.61 Å². The van der Waals surface area contributed by atoms with Crippen LogP contribution in [0.5, 0.6) is 5.88 Å². The van der Waals surface area contributed by atoms with Crippen LogP contribution < -0.4 is 9.46 Å². The zero-order valence-corrected chi connectivity index (χ0v) is 30.9. The van der Waals surface area contributed by atoms with Crippen LogP contribution >= 0.6 is 0 Å². The minimum absolute atomic E-state index is 0.0483. The summed E-state index contributed by atoms with van der Waals surface area (Å²) in [5, 5.41) is 0. The van der Waals surface area contributed by atoms with Crippen molar-refractivity contribution < 1.29 is 17.9 Å². The van der Waals surface area contributed by atoms with Gasteiger partial charge in [0.15, 0.2) is 0 Å². The number of nitrogens with zero attached hydrogens (tertiary/aromatic N) is 3. The largest absolute Gasteiger partial charge is 0.475 e. The van der Waals surface area contributed by atoms with Crippen LogP contribution in [0.1, 0.15) is 93.4 Å². The van der Waals surface area contributed by atoms with Crippen LogP contribution in [-0.4, -0.2) is 41.8 Å². The highest BCUT2D eigenvalue weighted by Gasteiger charge is 2.31. The Hall–Kier alpha value is -4.24. The van der Waals surface area contributed by atoms with E-state index in [1.807, 2.05) is 36.9 Å². The van der Waals surface area contributed by atoms with Crippen LogP contribution in [0.4, 0.5) is 5.95 Å². The molecule has 0 aliphatic carbocycles. The lowest BCUT2D eigenvalue weighted by Gasteiger charge is -2.36. The van der Waals surface area contributed by atoms with Crippen LogP contribution in [0.15, 0.2) is 77.7 Å². The van der Waals surface area contributed by atoms with Gasteiger partial charge in [-0.05, 0) is 84.4 Å². The van der Waals surface area contributed by atoms with Gasteiger partial charge in [0.05, 0.1) is 16.6 Å². The summed E-state index contributed by atoms with van der Waals surface area (Å²) in [4.78, 5) is 25.4. The minimum Gasteiger partial charge on any atom is -0.475 e. The third-order valence-electron chi connectivity index (χ3n) is 9.45. The van der Waals surface area contributed by atoms with Crippen LogP contribution in [0, 0.1) is 24.7 Å². The van der Waals surface area contributed by atoms with Crippen LogP contribution in [0.3, 0.4) is 0 Å². The van der Waals surface area contributed by atoms with Crippen molar-refractivity contribution >= 4 is 21.9 Å². The SMILES string of the molecule is CCC(C)(C)CCc1ccc(CN2C(=O)c3cccc(c3)S(=O)(=O)Nc3nc(cc(-c4c(C)cccc4C)n3)OC[C@H]2CC(C)(C)C)cc1. The quantitative estimate of drug-likeness (QED) is 0.199. The number of sulfonamides is 1. The topological polar surface area (TPSA) is 101 Å². The third-order valence-corrected chi connectivity index (χ3v) is 10.8. The molecule has 1 aliphatic heterocycles. The number of hydrogen-bond donors (Lipinski definition) is 1. The molecule has 1 amide bonds. The Bertz CT molecular complexity index is 1890. The Morgan fingerprint density at radius 1 is 0.898 bits per heavy atom. The van der Waals surface area contributed by atoms with E-state index >= 15 is 0 Å². The summed E-state index contributed by atoms with van der Waals surface area (Å²) in [5.41, 5.74) is 6.08. The second-order valence-electron chi connectivity index (χ2n) is 15.3. The molecule has 0 unspecified atom stereocenters. The number of fused-ring (bicyclic) bond motifs is 4. The summed E-state index contributed by atoms with van der Waals surface area (Å²) < 4.78 is 36.4. The molecular weight excluding hydrogens is 633 g/mol. The number of aromatic nitrogens is 2. The van der Waals surface area contributed by atoms with Crippen LogP contribution in [0.25, 0.3) is 11.3 Å². The summed E-state index contributed by atoms with van der Waals surface area (Å²) in [6.45, 7) is 17.7. The molecule has 5 rings (SSSR count). The number of benzene rings is 3. The molecule has 260 valence electrons. The Morgan fingerprint density at radius 2 is 1.55 bits per heavy atom. The van der Waals surface area contributed by atoms with E-state index in [4.69, 9.17) is 4.74 Å². The van der Waals surface area contributed by atoms with E-state index in [-0.39, 0.29) is 51.7 Å². The lowest BCUT2D eigenvalue weighted by molar-refractivity contribution is 0.0513. The van der Waals surface area contributed by atoms with Gasteiger partial charge < -0.3 is 9.64 Å². The average Bonchev–Trinajstić information content (AvgIpc) is 3.04. The van der Waals surface area contributed by atoms with E-state index in [0.29, 0.717) is 18.7 Å². The van der Waals surface area contributed by atoms with Gasteiger partial charge in [0.25, 0.3) is 15.9 Å². The standard InChI is InChI=1S/C40H50N4O4S/c1-9-40(7,8)21-20-29-16-18-30(19-17-29)25-44-32(24-39(4,5)6)26-48-35-23-34(36-27(2)12-10-13-28(36)3)41-38(42-35)43-49(46,47)33-15-11-14-31(22-33)37(44)45/h10-19,22-23,32H,9,20-21,24-26H2,1-8H3,(H,41,42,43)/t32-/m1/s1. The van der Waals surface area contributed by atoms with Crippen molar-refractivity contribution in [3.63, 3.8) is 0 Å². The summed E-state index contributed by atoms with van der Waals surface area (Å²) >= 11 is 0. The third kappa shape index (κ3) is 9.06. The molecule has 0 radical (unpaired) electrons. The fourth-order valence-electron chi connectivity index (χ4n) is 6.21. The van der Waals surface area contributed by atoms with Gasteiger partial charge in [-0.15, -0.1) is 0 Å². The molecule has 9 heteroatoms. The zero-order chi connectivity index (χ0) is 35.6. The second kappa shape index (κ2) is 14.3. The summed E-state index contributed by atoms with van der Waals surface area (Å²) in [6, 6.07) is 22.0. The molecule has 0 saturated heterocycles. The molecule has 0 fully saturated rings. The maximum Gasteiger partial charge on any atom is 0.264 e. The van der Waals surface area contributed by atoms with Gasteiger partial charge in [-0.3, -0.25) is 4.79 Å². The maximum absolute atomic E-state index is 14.5. The van der Waals surface area contributed by atoms with Crippen molar-refractivity contribution in [2.75, 3.05) is 11.3 Å². The molecule has 4 aromatic rings. The van der Waals surface area contributed by atoms with Crippen LogP contribution in [0.2, 0.25) is 0 Å². The number of ether oxygens (including phenoxy) is 1. The van der Waals surface area contributed by atoms with E-state index in [9.17, 15) is 13.2 Å². The van der Waals surface area contributed by atoms with E-state index in [1.165, 1.54) is 17.7 Å². The van der Waals surface area contributed by atoms with Crippen molar-refractivity contribution in [3.05, 3.63) is 101 Å². The first-order valence-corrected chi connectivity index (χ1v) is 18.6. The highest BCUT2D eigenvalue weighted by Crippen LogP contribution is 2.32. The average molecular weight is 683 g/mol. The lowest BCUT2D eigenvalue weighted by Crippen LogP contribution is -2.45. The fraction of sp³-hybridized carbons (Fsp3) is 0.425. The molecular formula is C40H50N4O4S. The van der Waals surface area contributed by atoms with Crippen molar-refractivity contribution in [1.29, 1.82) is 0 Å². The smallest absolute Gasteiger partial charge is 0.264 e. The minimum atomic E-state index is -4.14. The zero-order valence-electron chi connectivity index (χ0n) is 30.1. The first-order valence-electron chi connectivity index (χ1n) is 17.1. The van der Waals surface area contributed by atoms with E-state index in [0.717, 1.165) is 41.5 Å². The molecule has 2 heterocycles. The molecule has 8 nitrogen and oxygen atoms in total. The molecule has 0 spiro atoms. The molecule has 1 N–H and O–H groups in total. The molecule has 0 saturated carbocycles. The maximum atomic E-state index is 14.5. The van der Waals surface area contributed by atoms with Crippen molar-refractivity contribution in [1.82, 2.24) is 14.9 Å². The second-order valence-corrected chi connectivity index (χ2v) is 17.0. The lowest BCUT2D eigenvalue weighted by atomic mass is 9.84. The monoisotopic (exact) mass is 682 g/mol. The number of anilines is 1. The van der Waals surface area contributed by atoms with Gasteiger partial charge in [-0.2, -0.15) is 4.98 Å². The Kier molecular flexibility index (Phi) is 10.5. The molecule has 4 bridgehead atoms. The molecule has 49 heavy (non-hydrogen) atoms. The summed E-state index contributed by atoms with van der Waals surface area (Å²) in [5.74, 6) is -0.142. The van der Waals surface area contributed by atoms with Gasteiger partial charge in [0.2, 0.25) is 11.8 Å². The normalized spacial score (nSPS) is 16.5. The number of carbonyl (C=O) groups is 1. The number of rotatable bonds is 8. The van der Waals surface area contributed by atoms with Gasteiger partial charge >= 0.3 is 0 Å². The highest BCUT2D eigenvalue weighted by molar-refractivity contribution is 7.92. The van der Waals surface area contributed by atoms with Gasteiger partial charge in [-0.25, -0.2) is 18.1 Å². The van der Waals surface area contributed by atoms with Crippen molar-refractivity contribution in [3.8, 4) is 17.1 Å². The van der Waals surface area contributed by atoms with E-state index < -0.39 is 10.0 Å². The highest BCUT2D eigenvalue weighted by atomic mass is 32.2. The van der Waals surface area contributed by atoms with E-state index in [1.54, 1.807) is 18.2 Å². The number of carbonyl (C=O) groups excluding carboxylic acids is 1. The summed E-state index contributed by atoms with van der Waals surface area (Å²) in [6.07, 6.45) is 3.86. The van der Waals surface area contributed by atoms with E-state index in [2.05, 4.69) is 80.5 Å². The first kappa shape index (κ1) is 36.1. The Morgan fingerprint density at radius 3 is 2.20 bits per heavy atom. The number of hydrogen-bond acceptors (Lipinski definition) is 6. The number of aryl methyl sites for hydroxylation is 3. The van der Waals surface area contributed by atoms with Crippen molar-refractivity contribution in [2.45, 2.75) is 98.6 Å². The molecule has 3 aromatic carbocycles. The van der Waals surface area contributed by atoms with Gasteiger partial charge in [0, 0.05) is 23.7 Å². The Labute approximate surface area is 292 Å². The molecule has 1 aliphatic rings. The molecule has 1 atom stereocenters. The first-order chi connectivity index (χ1) is 23.0. The van der Waals surface area contributed by atoms with Gasteiger partial charge in [-0.1, -0.05) is 96.5 Å². The van der Waals surface area contributed by atoms with Crippen LogP contribution in [-0.2, 0) is 23.0 Å². The summed E-state index contributed by atoms with van der Waals surface area (Å²) in [7, 11) is -4.14. The predicted octanol–water partition coefficient (Wildman–Crippen LogP) is 8.77. The van der Waals surface area contributed by atoms with Crippen molar-refractivity contribution in [2.24, 2.45) is 10.8 Å².